The van der Waals surface area contributed by atoms with E-state index < -0.39 is 23.3 Å². The Morgan fingerprint density at radius 2 is 2.05 bits per heavy atom. The molecule has 0 aliphatic rings. The summed E-state index contributed by atoms with van der Waals surface area (Å²) in [6, 6.07) is 7.16. The molecule has 0 atom stereocenters. The smallest absolute Gasteiger partial charge is 0.340 e. The number of halogens is 1. The molecule has 1 amide bonds. The fraction of sp³-hybridized carbons (Fsp3) is 0.143. The van der Waals surface area contributed by atoms with Gasteiger partial charge in [0.15, 0.2) is 0 Å². The van der Waals surface area contributed by atoms with E-state index in [9.17, 15) is 14.0 Å². The average molecular weight is 277 g/mol. The number of anilines is 1. The molecule has 2 rings (SSSR count). The molecule has 1 heterocycles. The van der Waals surface area contributed by atoms with Crippen LogP contribution in [-0.4, -0.2) is 17.0 Å². The number of rotatable bonds is 5. The van der Waals surface area contributed by atoms with Crippen LogP contribution in [0.4, 0.5) is 10.1 Å². The highest BCUT2D eigenvalue weighted by Gasteiger charge is 2.17. The molecule has 0 unspecified atom stereocenters. The van der Waals surface area contributed by atoms with Crippen molar-refractivity contribution in [3.63, 3.8) is 0 Å². The van der Waals surface area contributed by atoms with Gasteiger partial charge in [0.25, 0.3) is 0 Å². The predicted octanol–water partition coefficient (Wildman–Crippen LogP) is 2.69. The summed E-state index contributed by atoms with van der Waals surface area (Å²) in [4.78, 5) is 22.7. The SMILES string of the molecule is O=C(CCc1ccco1)Nc1cccc(F)c1C(=O)O. The second kappa shape index (κ2) is 6.01. The summed E-state index contributed by atoms with van der Waals surface area (Å²) in [5, 5.41) is 11.3. The van der Waals surface area contributed by atoms with E-state index in [1.54, 1.807) is 12.1 Å². The number of aromatic carboxylic acids is 1. The third kappa shape index (κ3) is 3.23. The molecule has 0 aliphatic heterocycles. The summed E-state index contributed by atoms with van der Waals surface area (Å²) < 4.78 is 18.5. The van der Waals surface area contributed by atoms with E-state index in [-0.39, 0.29) is 12.1 Å². The number of benzene rings is 1. The van der Waals surface area contributed by atoms with Crippen LogP contribution in [0.25, 0.3) is 0 Å². The maximum absolute atomic E-state index is 13.4. The molecule has 0 bridgehead atoms. The van der Waals surface area contributed by atoms with Gasteiger partial charge in [0.1, 0.15) is 17.1 Å². The number of nitrogens with one attached hydrogen (secondary N) is 1. The van der Waals surface area contributed by atoms with Crippen molar-refractivity contribution in [3.8, 4) is 0 Å². The van der Waals surface area contributed by atoms with Gasteiger partial charge in [0.05, 0.1) is 12.0 Å². The molecular weight excluding hydrogens is 265 g/mol. The second-order valence-corrected chi connectivity index (χ2v) is 4.10. The molecule has 0 saturated carbocycles. The van der Waals surface area contributed by atoms with Crippen LogP contribution < -0.4 is 5.32 Å². The molecule has 1 aromatic heterocycles. The van der Waals surface area contributed by atoms with Crippen LogP contribution in [-0.2, 0) is 11.2 Å². The highest BCUT2D eigenvalue weighted by atomic mass is 19.1. The molecule has 6 heteroatoms. The minimum absolute atomic E-state index is 0.0538. The van der Waals surface area contributed by atoms with E-state index in [1.165, 1.54) is 18.4 Å². The Balaban J connectivity index is 2.04. The molecule has 0 spiro atoms. The number of carbonyl (C=O) groups is 2. The van der Waals surface area contributed by atoms with E-state index in [0.717, 1.165) is 6.07 Å². The first kappa shape index (κ1) is 13.8. The molecule has 0 aliphatic carbocycles. The monoisotopic (exact) mass is 277 g/mol. The summed E-state index contributed by atoms with van der Waals surface area (Å²) in [7, 11) is 0. The van der Waals surface area contributed by atoms with E-state index in [2.05, 4.69) is 5.32 Å². The number of amides is 1. The largest absolute Gasteiger partial charge is 0.478 e. The maximum atomic E-state index is 13.4. The molecule has 1 aromatic carbocycles. The molecule has 2 N–H and O–H groups in total. The van der Waals surface area contributed by atoms with E-state index in [1.807, 2.05) is 0 Å². The molecule has 104 valence electrons. The van der Waals surface area contributed by atoms with Crippen molar-refractivity contribution in [2.24, 2.45) is 0 Å². The molecule has 0 saturated heterocycles. The summed E-state index contributed by atoms with van der Waals surface area (Å²) in [5.74, 6) is -2.07. The van der Waals surface area contributed by atoms with Gasteiger partial charge in [-0.2, -0.15) is 0 Å². The lowest BCUT2D eigenvalue weighted by molar-refractivity contribution is -0.116. The lowest BCUT2D eigenvalue weighted by Gasteiger charge is -2.08. The van der Waals surface area contributed by atoms with Gasteiger partial charge in [-0.1, -0.05) is 6.07 Å². The van der Waals surface area contributed by atoms with Crippen molar-refractivity contribution in [1.82, 2.24) is 0 Å². The van der Waals surface area contributed by atoms with Crippen molar-refractivity contribution in [1.29, 1.82) is 0 Å². The number of hydrogen-bond acceptors (Lipinski definition) is 3. The van der Waals surface area contributed by atoms with E-state index >= 15 is 0 Å². The zero-order valence-corrected chi connectivity index (χ0v) is 10.4. The van der Waals surface area contributed by atoms with Crippen molar-refractivity contribution < 1.29 is 23.5 Å². The molecule has 5 nitrogen and oxygen atoms in total. The van der Waals surface area contributed by atoms with Gasteiger partial charge < -0.3 is 14.8 Å². The van der Waals surface area contributed by atoms with Crippen molar-refractivity contribution in [3.05, 3.63) is 53.7 Å². The Labute approximate surface area is 114 Å². The number of furan rings is 1. The molecule has 20 heavy (non-hydrogen) atoms. The number of aryl methyl sites for hydroxylation is 1. The van der Waals surface area contributed by atoms with Gasteiger partial charge >= 0.3 is 5.97 Å². The normalized spacial score (nSPS) is 10.2. The van der Waals surface area contributed by atoms with Crippen LogP contribution in [0.15, 0.2) is 41.0 Å². The fourth-order valence-electron chi connectivity index (χ4n) is 1.75. The zero-order chi connectivity index (χ0) is 14.5. The van der Waals surface area contributed by atoms with Gasteiger partial charge in [0.2, 0.25) is 5.91 Å². The highest BCUT2D eigenvalue weighted by Crippen LogP contribution is 2.19. The fourth-order valence-corrected chi connectivity index (χ4v) is 1.75. The standard InChI is InChI=1S/C14H12FNO4/c15-10-4-1-5-11(13(10)14(18)19)16-12(17)7-6-9-3-2-8-20-9/h1-5,8H,6-7H2,(H,16,17)(H,18,19). The number of carbonyl (C=O) groups excluding carboxylic acids is 1. The number of carboxylic acid groups (broad SMARTS) is 1. The summed E-state index contributed by atoms with van der Waals surface area (Å²) in [5.41, 5.74) is -0.596. The Bertz CT molecular complexity index is 622. The lowest BCUT2D eigenvalue weighted by Crippen LogP contribution is -2.16. The highest BCUT2D eigenvalue weighted by molar-refractivity contribution is 6.00. The van der Waals surface area contributed by atoms with Crippen LogP contribution in [0.1, 0.15) is 22.5 Å². The molecular formula is C14H12FNO4. The topological polar surface area (TPSA) is 79.5 Å². The number of hydrogen-bond donors (Lipinski definition) is 2. The van der Waals surface area contributed by atoms with Crippen LogP contribution in [0, 0.1) is 5.82 Å². The van der Waals surface area contributed by atoms with Crippen molar-refractivity contribution in [2.75, 3.05) is 5.32 Å². The van der Waals surface area contributed by atoms with Gasteiger partial charge in [-0.05, 0) is 24.3 Å². The van der Waals surface area contributed by atoms with Crippen LogP contribution in [0.2, 0.25) is 0 Å². The lowest BCUT2D eigenvalue weighted by atomic mass is 10.1. The Hall–Kier alpha value is -2.63. The summed E-state index contributed by atoms with van der Waals surface area (Å²) in [6.07, 6.45) is 2.00. The summed E-state index contributed by atoms with van der Waals surface area (Å²) >= 11 is 0. The summed E-state index contributed by atoms with van der Waals surface area (Å²) in [6.45, 7) is 0. The zero-order valence-electron chi connectivity index (χ0n) is 10.4. The van der Waals surface area contributed by atoms with Crippen LogP contribution in [0.5, 0.6) is 0 Å². The van der Waals surface area contributed by atoms with Gasteiger partial charge in [0, 0.05) is 12.8 Å². The number of carboxylic acids is 1. The maximum Gasteiger partial charge on any atom is 0.340 e. The minimum Gasteiger partial charge on any atom is -0.478 e. The Morgan fingerprint density at radius 3 is 2.70 bits per heavy atom. The predicted molar refractivity (Wildman–Crippen MR) is 69.0 cm³/mol. The second-order valence-electron chi connectivity index (χ2n) is 4.10. The minimum atomic E-state index is -1.43. The quantitative estimate of drug-likeness (QED) is 0.880. The molecule has 2 aromatic rings. The van der Waals surface area contributed by atoms with Crippen LogP contribution >= 0.6 is 0 Å². The Kier molecular flexibility index (Phi) is 4.14. The van der Waals surface area contributed by atoms with Gasteiger partial charge in [-0.25, -0.2) is 9.18 Å². The molecule has 0 fully saturated rings. The third-order valence-corrected chi connectivity index (χ3v) is 2.68. The van der Waals surface area contributed by atoms with Crippen LogP contribution in [0.3, 0.4) is 0 Å². The van der Waals surface area contributed by atoms with Crippen molar-refractivity contribution in [2.45, 2.75) is 12.8 Å². The van der Waals surface area contributed by atoms with Gasteiger partial charge in [-0.3, -0.25) is 4.79 Å². The first-order chi connectivity index (χ1) is 9.58. The molecule has 0 radical (unpaired) electrons. The first-order valence-corrected chi connectivity index (χ1v) is 5.92. The average Bonchev–Trinajstić information content (AvgIpc) is 2.89. The van der Waals surface area contributed by atoms with E-state index in [0.29, 0.717) is 12.2 Å². The first-order valence-electron chi connectivity index (χ1n) is 5.92. The van der Waals surface area contributed by atoms with Crippen molar-refractivity contribution >= 4 is 17.6 Å². The van der Waals surface area contributed by atoms with E-state index in [4.69, 9.17) is 9.52 Å². The third-order valence-electron chi connectivity index (χ3n) is 2.68. The van der Waals surface area contributed by atoms with Gasteiger partial charge in [-0.15, -0.1) is 0 Å². The Morgan fingerprint density at radius 1 is 1.25 bits per heavy atom.